The summed E-state index contributed by atoms with van der Waals surface area (Å²) in [5, 5.41) is 20.6. The highest BCUT2D eigenvalue weighted by Crippen LogP contribution is 2.30. The van der Waals surface area contributed by atoms with Crippen molar-refractivity contribution in [3.05, 3.63) is 98.1 Å². The minimum Gasteiger partial charge on any atom is -0.329 e. The number of aromatic amines is 1. The van der Waals surface area contributed by atoms with Gasteiger partial charge in [0.15, 0.2) is 11.6 Å². The molecule has 5 aromatic rings. The number of halogens is 1. The smallest absolute Gasteiger partial charge is 0.272 e. The van der Waals surface area contributed by atoms with Gasteiger partial charge in [-0.05, 0) is 42.1 Å². The largest absolute Gasteiger partial charge is 0.329 e. The van der Waals surface area contributed by atoms with Crippen LogP contribution in [-0.4, -0.2) is 42.3 Å². The number of nitrogens with one attached hydrogen (secondary N) is 1. The number of hydrogen-bond acceptors (Lipinski definition) is 6. The molecule has 1 N–H and O–H groups in total. The summed E-state index contributed by atoms with van der Waals surface area (Å²) in [5.41, 5.74) is 2.10. The number of benzene rings is 2. The number of fused-ring (bicyclic) bond motifs is 2. The number of carbonyl (C=O) groups is 1. The zero-order valence-corrected chi connectivity index (χ0v) is 20.1. The van der Waals surface area contributed by atoms with Gasteiger partial charge in [-0.1, -0.05) is 24.3 Å². The Morgan fingerprint density at radius 1 is 1.17 bits per heavy atom. The van der Waals surface area contributed by atoms with Gasteiger partial charge in [-0.3, -0.25) is 9.59 Å². The van der Waals surface area contributed by atoms with Gasteiger partial charge in [0.1, 0.15) is 5.82 Å². The summed E-state index contributed by atoms with van der Waals surface area (Å²) in [7, 11) is 0. The molecule has 10 heteroatoms. The molecule has 0 spiro atoms. The molecular weight excluding hydrogens is 479 g/mol. The van der Waals surface area contributed by atoms with E-state index in [2.05, 4.69) is 20.4 Å². The van der Waals surface area contributed by atoms with Gasteiger partial charge in [0.2, 0.25) is 0 Å². The monoisotopic (exact) mass is 500 g/mol. The Kier molecular flexibility index (Phi) is 5.45. The number of nitrogens with zero attached hydrogens (tertiary/aromatic N) is 5. The van der Waals surface area contributed by atoms with E-state index in [0.29, 0.717) is 29.9 Å². The van der Waals surface area contributed by atoms with Crippen molar-refractivity contribution in [1.82, 2.24) is 29.9 Å². The van der Waals surface area contributed by atoms with Crippen LogP contribution in [0.3, 0.4) is 0 Å². The van der Waals surface area contributed by atoms with E-state index in [-0.39, 0.29) is 23.7 Å². The predicted molar refractivity (Wildman–Crippen MR) is 134 cm³/mol. The molecule has 1 unspecified atom stereocenters. The van der Waals surface area contributed by atoms with Crippen LogP contribution in [0.25, 0.3) is 22.2 Å². The van der Waals surface area contributed by atoms with Crippen molar-refractivity contribution in [2.75, 3.05) is 6.54 Å². The molecule has 1 atom stereocenters. The second-order valence-corrected chi connectivity index (χ2v) is 9.67. The summed E-state index contributed by atoms with van der Waals surface area (Å²) in [6.45, 7) is 2.66. The van der Waals surface area contributed by atoms with Crippen molar-refractivity contribution in [3.63, 3.8) is 0 Å². The molecule has 0 radical (unpaired) electrons. The highest BCUT2D eigenvalue weighted by Gasteiger charge is 2.31. The zero-order valence-electron chi connectivity index (χ0n) is 19.3. The Bertz CT molecular complexity index is 1660. The standard InChI is InChI=1S/C26H21FN6O2S/c1-15-12-32(13-23-29-30-24(33(15)23)17-8-9-36-14-17)26(35)20-10-16(6-7-21(20)27)11-22-18-4-2-3-5-19(18)25(34)31-28-22/h2-10,14-15H,11-13H2,1H3,(H,31,34). The zero-order chi connectivity index (χ0) is 24.8. The SMILES string of the molecule is CC1CN(C(=O)c2cc(Cc3n[nH]c(=O)c4ccccc34)ccc2F)Cc2nnc(-c3ccsc3)n21. The van der Waals surface area contributed by atoms with E-state index < -0.39 is 11.7 Å². The summed E-state index contributed by atoms with van der Waals surface area (Å²) in [5.74, 6) is 0.469. The second kappa shape index (κ2) is 8.80. The molecule has 3 aromatic heterocycles. The van der Waals surface area contributed by atoms with E-state index in [1.807, 2.05) is 40.5 Å². The van der Waals surface area contributed by atoms with Crippen molar-refractivity contribution in [2.24, 2.45) is 0 Å². The predicted octanol–water partition coefficient (Wildman–Crippen LogP) is 4.19. The molecule has 0 bridgehead atoms. The van der Waals surface area contributed by atoms with Gasteiger partial charge >= 0.3 is 0 Å². The molecule has 0 fully saturated rings. The molecule has 0 saturated heterocycles. The van der Waals surface area contributed by atoms with Crippen molar-refractivity contribution in [3.8, 4) is 11.4 Å². The normalized spacial score (nSPS) is 15.3. The fourth-order valence-electron chi connectivity index (χ4n) is 4.79. The lowest BCUT2D eigenvalue weighted by Gasteiger charge is -2.32. The Hall–Kier alpha value is -4.18. The van der Waals surface area contributed by atoms with Crippen molar-refractivity contribution in [1.29, 1.82) is 0 Å². The van der Waals surface area contributed by atoms with Gasteiger partial charge < -0.3 is 9.47 Å². The first-order valence-corrected chi connectivity index (χ1v) is 12.4. The molecule has 2 aromatic carbocycles. The van der Waals surface area contributed by atoms with Crippen molar-refractivity contribution in [2.45, 2.75) is 25.9 Å². The van der Waals surface area contributed by atoms with Gasteiger partial charge in [0.25, 0.3) is 11.5 Å². The van der Waals surface area contributed by atoms with Crippen LogP contribution in [-0.2, 0) is 13.0 Å². The summed E-state index contributed by atoms with van der Waals surface area (Å²) in [6.07, 6.45) is 0.340. The third-order valence-electron chi connectivity index (χ3n) is 6.50. The molecule has 6 rings (SSSR count). The van der Waals surface area contributed by atoms with Crippen LogP contribution < -0.4 is 5.56 Å². The van der Waals surface area contributed by atoms with Crippen molar-refractivity contribution < 1.29 is 9.18 Å². The van der Waals surface area contributed by atoms with Crippen LogP contribution in [0.5, 0.6) is 0 Å². The first-order valence-electron chi connectivity index (χ1n) is 11.5. The molecule has 8 nitrogen and oxygen atoms in total. The molecule has 1 aliphatic heterocycles. The summed E-state index contributed by atoms with van der Waals surface area (Å²) >= 11 is 1.59. The van der Waals surface area contributed by atoms with Crippen LogP contribution in [0, 0.1) is 5.82 Å². The van der Waals surface area contributed by atoms with Crippen LogP contribution in [0.2, 0.25) is 0 Å². The minimum absolute atomic E-state index is 0.000506. The van der Waals surface area contributed by atoms with Gasteiger partial charge in [-0.2, -0.15) is 16.4 Å². The highest BCUT2D eigenvalue weighted by molar-refractivity contribution is 7.08. The highest BCUT2D eigenvalue weighted by atomic mass is 32.1. The topological polar surface area (TPSA) is 96.8 Å². The average Bonchev–Trinajstić information content (AvgIpc) is 3.57. The number of thiophene rings is 1. The lowest BCUT2D eigenvalue weighted by molar-refractivity contribution is 0.0677. The lowest BCUT2D eigenvalue weighted by atomic mass is 10.0. The van der Waals surface area contributed by atoms with Crippen LogP contribution in [0.1, 0.15) is 40.4 Å². The third kappa shape index (κ3) is 3.79. The maximum absolute atomic E-state index is 14.9. The minimum atomic E-state index is -0.582. The molecule has 0 aliphatic carbocycles. The molecule has 180 valence electrons. The number of hydrogen-bond donors (Lipinski definition) is 1. The fourth-order valence-corrected chi connectivity index (χ4v) is 5.42. The Balaban J connectivity index is 1.29. The second-order valence-electron chi connectivity index (χ2n) is 8.89. The van der Waals surface area contributed by atoms with E-state index in [4.69, 9.17) is 0 Å². The maximum atomic E-state index is 14.9. The van der Waals surface area contributed by atoms with Gasteiger partial charge in [-0.25, -0.2) is 9.49 Å². The van der Waals surface area contributed by atoms with E-state index >= 15 is 0 Å². The first kappa shape index (κ1) is 22.3. The third-order valence-corrected chi connectivity index (χ3v) is 7.18. The Labute approximate surface area is 209 Å². The molecule has 1 aliphatic rings. The van der Waals surface area contributed by atoms with Crippen LogP contribution in [0.4, 0.5) is 4.39 Å². The molecule has 1 amide bonds. The number of H-pyrrole nitrogens is 1. The molecule has 36 heavy (non-hydrogen) atoms. The number of rotatable bonds is 4. The number of aromatic nitrogens is 5. The van der Waals surface area contributed by atoms with E-state index in [1.54, 1.807) is 40.5 Å². The van der Waals surface area contributed by atoms with Crippen LogP contribution >= 0.6 is 11.3 Å². The van der Waals surface area contributed by atoms with Gasteiger partial charge in [0.05, 0.1) is 29.2 Å². The van der Waals surface area contributed by atoms with E-state index in [0.717, 1.165) is 22.3 Å². The summed E-state index contributed by atoms with van der Waals surface area (Å²) < 4.78 is 16.9. The molecular formula is C26H21FN6O2S. The van der Waals surface area contributed by atoms with E-state index in [1.165, 1.54) is 6.07 Å². The first-order chi connectivity index (χ1) is 17.5. The summed E-state index contributed by atoms with van der Waals surface area (Å²) in [6, 6.07) is 13.6. The lowest BCUT2D eigenvalue weighted by Crippen LogP contribution is -2.40. The Morgan fingerprint density at radius 3 is 2.81 bits per heavy atom. The number of amides is 1. The summed E-state index contributed by atoms with van der Waals surface area (Å²) in [4.78, 5) is 27.2. The van der Waals surface area contributed by atoms with E-state index in [9.17, 15) is 14.0 Å². The fraction of sp³-hybridized carbons (Fsp3) is 0.192. The molecule has 0 saturated carbocycles. The quantitative estimate of drug-likeness (QED) is 0.399. The maximum Gasteiger partial charge on any atom is 0.272 e. The van der Waals surface area contributed by atoms with Crippen molar-refractivity contribution >= 4 is 28.0 Å². The Morgan fingerprint density at radius 2 is 2.00 bits per heavy atom. The average molecular weight is 501 g/mol. The molecule has 4 heterocycles. The van der Waals surface area contributed by atoms with Gasteiger partial charge in [-0.15, -0.1) is 10.2 Å². The van der Waals surface area contributed by atoms with Gasteiger partial charge in [0, 0.05) is 29.3 Å². The van der Waals surface area contributed by atoms with Crippen LogP contribution in [0.15, 0.2) is 64.1 Å². The number of carbonyl (C=O) groups excluding carboxylic acids is 1.